The summed E-state index contributed by atoms with van der Waals surface area (Å²) in [6, 6.07) is 1.07. The molecule has 1 heterocycles. The Morgan fingerprint density at radius 1 is 1.25 bits per heavy atom. The van der Waals surface area contributed by atoms with Gasteiger partial charge in [-0.2, -0.15) is 0 Å². The fourth-order valence-electron chi connectivity index (χ4n) is 3.33. The highest BCUT2D eigenvalue weighted by Crippen LogP contribution is 2.18. The molecule has 1 aliphatic rings. The van der Waals surface area contributed by atoms with Gasteiger partial charge in [0.15, 0.2) is 5.96 Å². The molecular formula is C18H36N4O2. The summed E-state index contributed by atoms with van der Waals surface area (Å²) in [6.45, 7) is 14.8. The third kappa shape index (κ3) is 6.30. The van der Waals surface area contributed by atoms with Gasteiger partial charge in [0, 0.05) is 45.3 Å². The summed E-state index contributed by atoms with van der Waals surface area (Å²) >= 11 is 0. The van der Waals surface area contributed by atoms with Gasteiger partial charge in [-0.3, -0.25) is 14.7 Å². The number of ether oxygens (including phenoxy) is 1. The van der Waals surface area contributed by atoms with Crippen LogP contribution in [0.5, 0.6) is 0 Å². The topological polar surface area (TPSA) is 57.2 Å². The number of nitrogens with zero attached hydrogens (tertiary/aromatic N) is 3. The van der Waals surface area contributed by atoms with Gasteiger partial charge in [-0.1, -0.05) is 0 Å². The van der Waals surface area contributed by atoms with E-state index in [-0.39, 0.29) is 11.9 Å². The fourth-order valence-corrected chi connectivity index (χ4v) is 3.33. The zero-order valence-corrected chi connectivity index (χ0v) is 16.3. The molecular weight excluding hydrogens is 304 g/mol. The average Bonchev–Trinajstić information content (AvgIpc) is 2.54. The second kappa shape index (κ2) is 10.5. The van der Waals surface area contributed by atoms with Gasteiger partial charge in [-0.25, -0.2) is 0 Å². The van der Waals surface area contributed by atoms with Gasteiger partial charge in [0.2, 0.25) is 0 Å². The number of likely N-dealkylation sites (tertiary alicyclic amines) is 1. The SMILES string of the molecule is CCOC(=O)C1CCN(C(=NC)NCCN(C(C)C)C(C)C)CC1. The lowest BCUT2D eigenvalue weighted by Gasteiger charge is -2.34. The first-order valence-corrected chi connectivity index (χ1v) is 9.28. The number of hydrogen-bond donors (Lipinski definition) is 1. The molecule has 0 bridgehead atoms. The van der Waals surface area contributed by atoms with Crippen LogP contribution in [0.3, 0.4) is 0 Å². The van der Waals surface area contributed by atoms with Crippen LogP contribution in [0.1, 0.15) is 47.5 Å². The summed E-state index contributed by atoms with van der Waals surface area (Å²) in [5.41, 5.74) is 0. The molecule has 6 heteroatoms. The predicted octanol–water partition coefficient (Wildman–Crippen LogP) is 1.96. The molecule has 0 aromatic carbocycles. The number of carbonyl (C=O) groups is 1. The minimum Gasteiger partial charge on any atom is -0.466 e. The number of aliphatic imine (C=N–C) groups is 1. The van der Waals surface area contributed by atoms with E-state index in [0.29, 0.717) is 18.7 Å². The molecule has 0 atom stereocenters. The summed E-state index contributed by atoms with van der Waals surface area (Å²) in [7, 11) is 1.82. The maximum Gasteiger partial charge on any atom is 0.309 e. The third-order valence-corrected chi connectivity index (χ3v) is 4.61. The van der Waals surface area contributed by atoms with Crippen molar-refractivity contribution in [3.05, 3.63) is 0 Å². The number of carbonyl (C=O) groups excluding carboxylic acids is 1. The quantitative estimate of drug-likeness (QED) is 0.436. The van der Waals surface area contributed by atoms with E-state index in [4.69, 9.17) is 4.74 Å². The molecule has 1 fully saturated rings. The zero-order chi connectivity index (χ0) is 18.1. The average molecular weight is 341 g/mol. The van der Waals surface area contributed by atoms with Crippen molar-refractivity contribution < 1.29 is 9.53 Å². The predicted molar refractivity (Wildman–Crippen MR) is 99.3 cm³/mol. The first-order chi connectivity index (χ1) is 11.4. The Hall–Kier alpha value is -1.30. The lowest BCUT2D eigenvalue weighted by molar-refractivity contribution is -0.149. The molecule has 0 amide bonds. The van der Waals surface area contributed by atoms with Crippen molar-refractivity contribution in [2.45, 2.75) is 59.5 Å². The first kappa shape index (κ1) is 20.7. The van der Waals surface area contributed by atoms with Gasteiger partial charge >= 0.3 is 5.97 Å². The van der Waals surface area contributed by atoms with Crippen LogP contribution in [0, 0.1) is 5.92 Å². The van der Waals surface area contributed by atoms with E-state index in [2.05, 4.69) is 47.8 Å². The monoisotopic (exact) mass is 340 g/mol. The molecule has 0 radical (unpaired) electrons. The van der Waals surface area contributed by atoms with Crippen molar-refractivity contribution >= 4 is 11.9 Å². The second-order valence-corrected chi connectivity index (χ2v) is 6.91. The number of rotatable bonds is 7. The van der Waals surface area contributed by atoms with Gasteiger partial charge in [-0.15, -0.1) is 0 Å². The maximum absolute atomic E-state index is 11.8. The molecule has 0 aromatic heterocycles. The van der Waals surface area contributed by atoms with Crippen molar-refractivity contribution in [1.82, 2.24) is 15.1 Å². The highest BCUT2D eigenvalue weighted by molar-refractivity contribution is 5.80. The van der Waals surface area contributed by atoms with Gasteiger partial charge in [0.05, 0.1) is 12.5 Å². The fraction of sp³-hybridized carbons (Fsp3) is 0.889. The smallest absolute Gasteiger partial charge is 0.309 e. The van der Waals surface area contributed by atoms with E-state index in [1.807, 2.05) is 14.0 Å². The van der Waals surface area contributed by atoms with Crippen LogP contribution in [0.25, 0.3) is 0 Å². The van der Waals surface area contributed by atoms with Crippen LogP contribution >= 0.6 is 0 Å². The van der Waals surface area contributed by atoms with Crippen molar-refractivity contribution in [1.29, 1.82) is 0 Å². The van der Waals surface area contributed by atoms with Crippen LogP contribution in [0.4, 0.5) is 0 Å². The van der Waals surface area contributed by atoms with E-state index in [9.17, 15) is 4.79 Å². The van der Waals surface area contributed by atoms with Crippen LogP contribution < -0.4 is 5.32 Å². The summed E-state index contributed by atoms with van der Waals surface area (Å²) in [6.07, 6.45) is 1.67. The molecule has 0 aromatic rings. The Morgan fingerprint density at radius 3 is 2.29 bits per heavy atom. The number of hydrogen-bond acceptors (Lipinski definition) is 4. The third-order valence-electron chi connectivity index (χ3n) is 4.61. The summed E-state index contributed by atoms with van der Waals surface area (Å²) < 4.78 is 5.13. The summed E-state index contributed by atoms with van der Waals surface area (Å²) in [5, 5.41) is 3.47. The van der Waals surface area contributed by atoms with Crippen LogP contribution in [0.2, 0.25) is 0 Å². The molecule has 1 aliphatic heterocycles. The molecule has 140 valence electrons. The van der Waals surface area contributed by atoms with Gasteiger partial charge in [0.1, 0.15) is 0 Å². The Balaban J connectivity index is 2.42. The van der Waals surface area contributed by atoms with E-state index < -0.39 is 0 Å². The maximum atomic E-state index is 11.8. The Morgan fingerprint density at radius 2 is 1.83 bits per heavy atom. The van der Waals surface area contributed by atoms with Gasteiger partial charge < -0.3 is 15.0 Å². The minimum atomic E-state index is -0.0513. The molecule has 0 unspecified atom stereocenters. The number of esters is 1. The van der Waals surface area contributed by atoms with Crippen molar-refractivity contribution in [3.63, 3.8) is 0 Å². The first-order valence-electron chi connectivity index (χ1n) is 9.28. The minimum absolute atomic E-state index is 0.0386. The molecule has 1 saturated heterocycles. The molecule has 1 N–H and O–H groups in total. The number of guanidine groups is 1. The zero-order valence-electron chi connectivity index (χ0n) is 16.3. The second-order valence-electron chi connectivity index (χ2n) is 6.91. The van der Waals surface area contributed by atoms with Gasteiger partial charge in [-0.05, 0) is 47.5 Å². The van der Waals surface area contributed by atoms with Crippen LogP contribution in [-0.2, 0) is 9.53 Å². The Bertz CT molecular complexity index is 394. The number of nitrogens with one attached hydrogen (secondary N) is 1. The number of piperidine rings is 1. The van der Waals surface area contributed by atoms with E-state index in [0.717, 1.165) is 45.0 Å². The highest BCUT2D eigenvalue weighted by atomic mass is 16.5. The normalized spacial score (nSPS) is 17.0. The van der Waals surface area contributed by atoms with Crippen LogP contribution in [-0.4, -0.2) is 73.6 Å². The van der Waals surface area contributed by atoms with Crippen molar-refractivity contribution in [2.75, 3.05) is 39.8 Å². The molecule has 0 aliphatic carbocycles. The highest BCUT2D eigenvalue weighted by Gasteiger charge is 2.27. The standard InChI is InChI=1S/C18H36N4O2/c1-7-24-17(23)16-8-11-21(12-9-16)18(19-6)20-10-13-22(14(2)3)15(4)5/h14-16H,7-13H2,1-6H3,(H,19,20). The Labute approximate surface area is 147 Å². The molecule has 1 rings (SSSR count). The molecule has 0 spiro atoms. The van der Waals surface area contributed by atoms with Gasteiger partial charge in [0.25, 0.3) is 0 Å². The summed E-state index contributed by atoms with van der Waals surface area (Å²) in [5.74, 6) is 0.922. The van der Waals surface area contributed by atoms with E-state index >= 15 is 0 Å². The molecule has 6 nitrogen and oxygen atoms in total. The molecule has 24 heavy (non-hydrogen) atoms. The van der Waals surface area contributed by atoms with E-state index in [1.54, 1.807) is 0 Å². The van der Waals surface area contributed by atoms with Crippen molar-refractivity contribution in [3.8, 4) is 0 Å². The molecule has 0 saturated carbocycles. The Kier molecular flexibility index (Phi) is 9.11. The lowest BCUT2D eigenvalue weighted by Crippen LogP contribution is -2.49. The summed E-state index contributed by atoms with van der Waals surface area (Å²) in [4.78, 5) is 20.9. The van der Waals surface area contributed by atoms with Crippen LogP contribution in [0.15, 0.2) is 4.99 Å². The lowest BCUT2D eigenvalue weighted by atomic mass is 9.97. The van der Waals surface area contributed by atoms with E-state index in [1.165, 1.54) is 0 Å². The van der Waals surface area contributed by atoms with Crippen molar-refractivity contribution in [2.24, 2.45) is 10.9 Å². The largest absolute Gasteiger partial charge is 0.466 e.